The molecule has 1 saturated heterocycles. The van der Waals surface area contributed by atoms with E-state index in [0.717, 1.165) is 25.1 Å². The van der Waals surface area contributed by atoms with Crippen LogP contribution in [0.5, 0.6) is 0 Å². The normalized spacial score (nSPS) is 23.9. The zero-order valence-corrected chi connectivity index (χ0v) is 15.2. The minimum atomic E-state index is -0.380. The zero-order valence-electron chi connectivity index (χ0n) is 15.2. The average Bonchev–Trinajstić information content (AvgIpc) is 3.40. The summed E-state index contributed by atoms with van der Waals surface area (Å²) in [5.41, 5.74) is 0.0411. The van der Waals surface area contributed by atoms with Crippen molar-refractivity contribution in [3.63, 3.8) is 0 Å². The maximum Gasteiger partial charge on any atom is 0.272 e. The molecule has 138 valence electrons. The molecular formula is C17H24N8O. The Balaban J connectivity index is 1.63. The summed E-state index contributed by atoms with van der Waals surface area (Å²) in [6.45, 7) is 1.20. The fraction of sp³-hybridized carbons (Fsp3) is 0.647. The molecule has 1 amide bonds. The first-order valence-corrected chi connectivity index (χ1v) is 9.13. The molecule has 2 aromatic rings. The molecule has 3 heterocycles. The highest BCUT2D eigenvalue weighted by molar-refractivity contribution is 5.92. The third-order valence-corrected chi connectivity index (χ3v) is 5.77. The second-order valence-electron chi connectivity index (χ2n) is 7.38. The fourth-order valence-corrected chi connectivity index (χ4v) is 4.19. The number of nitrogens with zero attached hydrogens (tertiary/aromatic N) is 8. The van der Waals surface area contributed by atoms with Gasteiger partial charge in [-0.3, -0.25) is 9.69 Å². The highest BCUT2D eigenvalue weighted by Crippen LogP contribution is 2.38. The van der Waals surface area contributed by atoms with Crippen LogP contribution in [0.3, 0.4) is 0 Å². The summed E-state index contributed by atoms with van der Waals surface area (Å²) in [6.07, 6.45) is 8.47. The molecule has 2 aromatic heterocycles. The molecule has 1 aliphatic carbocycles. The average molecular weight is 356 g/mol. The topological polar surface area (TPSA) is 92.9 Å². The van der Waals surface area contributed by atoms with Crippen LogP contribution in [0.1, 0.15) is 54.5 Å². The summed E-state index contributed by atoms with van der Waals surface area (Å²) in [4.78, 5) is 24.8. The minimum absolute atomic E-state index is 0.0731. The first-order chi connectivity index (χ1) is 12.6. The molecule has 0 spiro atoms. The van der Waals surface area contributed by atoms with Crippen molar-refractivity contribution in [1.29, 1.82) is 0 Å². The number of hydrogen-bond donors (Lipinski definition) is 0. The van der Waals surface area contributed by atoms with Crippen LogP contribution in [0, 0.1) is 0 Å². The Kier molecular flexibility index (Phi) is 4.39. The van der Waals surface area contributed by atoms with Gasteiger partial charge in [-0.2, -0.15) is 0 Å². The molecule has 2 fully saturated rings. The van der Waals surface area contributed by atoms with Crippen molar-refractivity contribution >= 4 is 5.91 Å². The smallest absolute Gasteiger partial charge is 0.272 e. The second kappa shape index (κ2) is 6.71. The Bertz CT molecular complexity index is 770. The van der Waals surface area contributed by atoms with Crippen LogP contribution in [-0.2, 0) is 5.54 Å². The van der Waals surface area contributed by atoms with E-state index in [2.05, 4.69) is 30.4 Å². The number of carbonyl (C=O) groups excluding carboxylic acids is 1. The molecule has 1 atom stereocenters. The molecule has 9 nitrogen and oxygen atoms in total. The van der Waals surface area contributed by atoms with Crippen LogP contribution in [0.15, 0.2) is 18.6 Å². The molecule has 0 N–H and O–H groups in total. The lowest BCUT2D eigenvalue weighted by molar-refractivity contribution is 0.0731. The van der Waals surface area contributed by atoms with Crippen molar-refractivity contribution in [2.24, 2.45) is 0 Å². The van der Waals surface area contributed by atoms with E-state index < -0.39 is 0 Å². The highest BCUT2D eigenvalue weighted by Gasteiger charge is 2.48. The van der Waals surface area contributed by atoms with Crippen molar-refractivity contribution in [2.45, 2.75) is 43.7 Å². The number of hydrogen-bond acceptors (Lipinski definition) is 7. The number of amides is 1. The Morgan fingerprint density at radius 3 is 2.81 bits per heavy atom. The Morgan fingerprint density at radius 2 is 2.12 bits per heavy atom. The van der Waals surface area contributed by atoms with Gasteiger partial charge in [-0.05, 0) is 49.9 Å². The summed E-state index contributed by atoms with van der Waals surface area (Å²) < 4.78 is 2.01. The summed E-state index contributed by atoms with van der Waals surface area (Å²) >= 11 is 0. The first-order valence-electron chi connectivity index (χ1n) is 9.13. The molecule has 1 aliphatic heterocycles. The summed E-state index contributed by atoms with van der Waals surface area (Å²) in [5, 5.41) is 12.7. The summed E-state index contributed by atoms with van der Waals surface area (Å²) in [6, 6.07) is 2.02. The Hall–Kier alpha value is -2.42. The maximum atomic E-state index is 12.8. The van der Waals surface area contributed by atoms with Gasteiger partial charge < -0.3 is 4.90 Å². The van der Waals surface area contributed by atoms with E-state index >= 15 is 0 Å². The lowest BCUT2D eigenvalue weighted by Gasteiger charge is -2.35. The van der Waals surface area contributed by atoms with E-state index in [4.69, 9.17) is 0 Å². The van der Waals surface area contributed by atoms with E-state index in [9.17, 15) is 4.79 Å². The van der Waals surface area contributed by atoms with Gasteiger partial charge in [0.05, 0.1) is 6.04 Å². The molecule has 0 aromatic carbocycles. The molecule has 9 heteroatoms. The summed E-state index contributed by atoms with van der Waals surface area (Å²) in [7, 11) is 4.07. The van der Waals surface area contributed by atoms with Crippen molar-refractivity contribution in [3.05, 3.63) is 30.1 Å². The first kappa shape index (κ1) is 17.0. The molecule has 1 unspecified atom stereocenters. The Morgan fingerprint density at radius 1 is 1.31 bits per heavy atom. The van der Waals surface area contributed by atoms with Gasteiger partial charge in [0.15, 0.2) is 5.82 Å². The van der Waals surface area contributed by atoms with Crippen LogP contribution >= 0.6 is 0 Å². The number of tetrazole rings is 1. The van der Waals surface area contributed by atoms with E-state index in [-0.39, 0.29) is 11.4 Å². The SMILES string of the molecule is CN(C)C1(c2nnnn2C2CCCC2)CCN(C(=O)c2ccncn2)C1. The van der Waals surface area contributed by atoms with Gasteiger partial charge in [0.1, 0.15) is 17.6 Å². The van der Waals surface area contributed by atoms with Gasteiger partial charge >= 0.3 is 0 Å². The Labute approximate surface area is 152 Å². The molecule has 1 saturated carbocycles. The fourth-order valence-electron chi connectivity index (χ4n) is 4.19. The van der Waals surface area contributed by atoms with E-state index in [1.54, 1.807) is 12.3 Å². The third kappa shape index (κ3) is 2.76. The standard InChI is InChI=1S/C17H24N8O/c1-23(2)17(16-20-21-22-25(16)13-5-3-4-6-13)8-10-24(11-17)15(26)14-7-9-18-12-19-14/h7,9,12-13H,3-6,8,10-11H2,1-2H3. The quantitative estimate of drug-likeness (QED) is 0.803. The zero-order chi connectivity index (χ0) is 18.1. The summed E-state index contributed by atoms with van der Waals surface area (Å²) in [5.74, 6) is 0.795. The number of rotatable bonds is 4. The number of aromatic nitrogens is 6. The van der Waals surface area contributed by atoms with Crippen molar-refractivity contribution in [3.8, 4) is 0 Å². The van der Waals surface area contributed by atoms with Gasteiger partial charge in [-0.1, -0.05) is 12.8 Å². The van der Waals surface area contributed by atoms with Crippen molar-refractivity contribution < 1.29 is 4.79 Å². The number of likely N-dealkylation sites (tertiary alicyclic amines) is 1. The van der Waals surface area contributed by atoms with Crippen LogP contribution in [0.2, 0.25) is 0 Å². The van der Waals surface area contributed by atoms with Gasteiger partial charge in [-0.15, -0.1) is 5.10 Å². The monoisotopic (exact) mass is 356 g/mol. The van der Waals surface area contributed by atoms with Crippen LogP contribution < -0.4 is 0 Å². The number of carbonyl (C=O) groups is 1. The van der Waals surface area contributed by atoms with E-state index in [0.29, 0.717) is 24.8 Å². The van der Waals surface area contributed by atoms with E-state index in [1.807, 2.05) is 23.7 Å². The number of likely N-dealkylation sites (N-methyl/N-ethyl adjacent to an activating group) is 1. The van der Waals surface area contributed by atoms with Gasteiger partial charge in [0, 0.05) is 19.3 Å². The second-order valence-corrected chi connectivity index (χ2v) is 7.38. The highest BCUT2D eigenvalue weighted by atomic mass is 16.2. The lowest BCUT2D eigenvalue weighted by atomic mass is 9.95. The minimum Gasteiger partial charge on any atom is -0.335 e. The predicted octanol–water partition coefficient (Wildman–Crippen LogP) is 0.881. The lowest BCUT2D eigenvalue weighted by Crippen LogP contribution is -2.47. The van der Waals surface area contributed by atoms with E-state index in [1.165, 1.54) is 19.2 Å². The largest absolute Gasteiger partial charge is 0.335 e. The molecule has 26 heavy (non-hydrogen) atoms. The van der Waals surface area contributed by atoms with Crippen LogP contribution in [0.4, 0.5) is 0 Å². The van der Waals surface area contributed by atoms with Crippen molar-refractivity contribution in [1.82, 2.24) is 40.0 Å². The van der Waals surface area contributed by atoms with Crippen LogP contribution in [0.25, 0.3) is 0 Å². The predicted molar refractivity (Wildman–Crippen MR) is 93.2 cm³/mol. The van der Waals surface area contributed by atoms with Gasteiger partial charge in [0.2, 0.25) is 0 Å². The molecule has 4 rings (SSSR count). The van der Waals surface area contributed by atoms with Gasteiger partial charge in [0.25, 0.3) is 5.91 Å². The molecule has 2 aliphatic rings. The molecule has 0 radical (unpaired) electrons. The molecular weight excluding hydrogens is 332 g/mol. The van der Waals surface area contributed by atoms with Crippen molar-refractivity contribution in [2.75, 3.05) is 27.2 Å². The van der Waals surface area contributed by atoms with Gasteiger partial charge in [-0.25, -0.2) is 14.6 Å². The third-order valence-electron chi connectivity index (χ3n) is 5.77. The maximum absolute atomic E-state index is 12.8. The van der Waals surface area contributed by atoms with Crippen LogP contribution in [-0.4, -0.2) is 73.1 Å². The molecule has 0 bridgehead atoms.